The molecule has 9 heteroatoms. The van der Waals surface area contributed by atoms with E-state index >= 15 is 0 Å². The molecule has 0 aliphatic heterocycles. The molecule has 32 heavy (non-hydrogen) atoms. The normalized spacial score (nSPS) is 12.7. The number of hydrogen-bond acceptors (Lipinski definition) is 4. The van der Waals surface area contributed by atoms with E-state index in [0.717, 1.165) is 11.6 Å². The highest BCUT2D eigenvalue weighted by molar-refractivity contribution is 6.31. The van der Waals surface area contributed by atoms with Crippen molar-refractivity contribution < 1.29 is 32.2 Å². The fourth-order valence-corrected chi connectivity index (χ4v) is 3.09. The van der Waals surface area contributed by atoms with Crippen molar-refractivity contribution in [2.45, 2.75) is 58.0 Å². The zero-order valence-corrected chi connectivity index (χ0v) is 18.7. The van der Waals surface area contributed by atoms with Gasteiger partial charge in [-0.3, -0.25) is 0 Å². The van der Waals surface area contributed by atoms with Crippen LogP contribution in [0.15, 0.2) is 48.5 Å². The number of ether oxygens (including phenoxy) is 2. The quantitative estimate of drug-likeness (QED) is 0.508. The third kappa shape index (κ3) is 8.42. The summed E-state index contributed by atoms with van der Waals surface area (Å²) >= 11 is 5.77. The van der Waals surface area contributed by atoms with E-state index in [1.807, 2.05) is 6.07 Å². The average Bonchev–Trinajstić information content (AvgIpc) is 2.67. The van der Waals surface area contributed by atoms with Crippen molar-refractivity contribution in [3.8, 4) is 0 Å². The average molecular weight is 472 g/mol. The maximum Gasteiger partial charge on any atom is 0.417 e. The molecular weight excluding hydrogens is 447 g/mol. The van der Waals surface area contributed by atoms with Crippen LogP contribution in [0.5, 0.6) is 0 Å². The van der Waals surface area contributed by atoms with Crippen molar-refractivity contribution in [1.82, 2.24) is 5.32 Å². The molecule has 1 unspecified atom stereocenters. The predicted molar refractivity (Wildman–Crippen MR) is 114 cm³/mol. The van der Waals surface area contributed by atoms with Gasteiger partial charge in [-0.15, -0.1) is 0 Å². The van der Waals surface area contributed by atoms with Gasteiger partial charge in [-0.25, -0.2) is 9.59 Å². The number of aryl methyl sites for hydroxylation is 1. The van der Waals surface area contributed by atoms with Crippen LogP contribution in [0.1, 0.15) is 43.9 Å². The molecule has 1 amide bonds. The lowest BCUT2D eigenvalue weighted by Gasteiger charge is -2.23. The first-order chi connectivity index (χ1) is 14.8. The summed E-state index contributed by atoms with van der Waals surface area (Å²) in [4.78, 5) is 24.8. The van der Waals surface area contributed by atoms with E-state index in [9.17, 15) is 22.8 Å². The number of rotatable bonds is 7. The van der Waals surface area contributed by atoms with Crippen LogP contribution in [0.3, 0.4) is 0 Å². The molecule has 2 aromatic carbocycles. The first kappa shape index (κ1) is 25.5. The number of amides is 1. The molecule has 0 heterocycles. The van der Waals surface area contributed by atoms with Crippen LogP contribution < -0.4 is 5.32 Å². The van der Waals surface area contributed by atoms with E-state index in [4.69, 9.17) is 21.1 Å². The molecule has 0 spiro atoms. The van der Waals surface area contributed by atoms with Crippen LogP contribution in [-0.4, -0.2) is 23.7 Å². The fraction of sp³-hybridized carbons (Fsp3) is 0.391. The van der Waals surface area contributed by atoms with Crippen molar-refractivity contribution in [1.29, 1.82) is 0 Å². The van der Waals surface area contributed by atoms with Crippen molar-refractivity contribution >= 4 is 23.7 Å². The van der Waals surface area contributed by atoms with Crippen LogP contribution in [0.25, 0.3) is 0 Å². The van der Waals surface area contributed by atoms with Crippen molar-refractivity contribution in [2.24, 2.45) is 0 Å². The fourth-order valence-electron chi connectivity index (χ4n) is 2.78. The number of carbonyl (C=O) groups excluding carboxylic acids is 2. The minimum absolute atomic E-state index is 0.0122. The summed E-state index contributed by atoms with van der Waals surface area (Å²) in [7, 11) is 0. The van der Waals surface area contributed by atoms with E-state index in [1.165, 1.54) is 12.1 Å². The van der Waals surface area contributed by atoms with Gasteiger partial charge in [0.15, 0.2) is 0 Å². The Morgan fingerprint density at radius 3 is 2.25 bits per heavy atom. The molecule has 2 aromatic rings. The lowest BCUT2D eigenvalue weighted by Crippen LogP contribution is -2.44. The lowest BCUT2D eigenvalue weighted by molar-refractivity contribution is -0.147. The van der Waals surface area contributed by atoms with Gasteiger partial charge in [-0.05, 0) is 56.9 Å². The second-order valence-electron chi connectivity index (χ2n) is 8.14. The number of hydrogen-bond donors (Lipinski definition) is 1. The minimum atomic E-state index is -4.56. The van der Waals surface area contributed by atoms with Gasteiger partial charge in [0.1, 0.15) is 18.2 Å². The van der Waals surface area contributed by atoms with Crippen LogP contribution in [0, 0.1) is 0 Å². The van der Waals surface area contributed by atoms with Crippen LogP contribution in [0.2, 0.25) is 5.02 Å². The van der Waals surface area contributed by atoms with Crippen LogP contribution in [-0.2, 0) is 33.5 Å². The van der Waals surface area contributed by atoms with E-state index in [2.05, 4.69) is 5.32 Å². The molecule has 0 bridgehead atoms. The largest absolute Gasteiger partial charge is 0.459 e. The third-order valence-electron chi connectivity index (χ3n) is 4.26. The zero-order valence-electron chi connectivity index (χ0n) is 18.0. The van der Waals surface area contributed by atoms with Crippen molar-refractivity contribution in [3.63, 3.8) is 0 Å². The van der Waals surface area contributed by atoms with Gasteiger partial charge in [0.05, 0.1) is 10.6 Å². The highest BCUT2D eigenvalue weighted by atomic mass is 35.5. The maximum absolute atomic E-state index is 12.9. The zero-order chi connectivity index (χ0) is 23.9. The van der Waals surface area contributed by atoms with Crippen LogP contribution in [0.4, 0.5) is 18.0 Å². The SMILES string of the molecule is CC(C)(C)OC(=O)NC(CCc1ccc(C(F)(F)F)c(Cl)c1)C(=O)OCc1ccccc1. The lowest BCUT2D eigenvalue weighted by atomic mass is 10.0. The number of benzene rings is 2. The van der Waals surface area contributed by atoms with Gasteiger partial charge in [0.2, 0.25) is 0 Å². The van der Waals surface area contributed by atoms with Gasteiger partial charge in [-0.2, -0.15) is 13.2 Å². The van der Waals surface area contributed by atoms with E-state index in [0.29, 0.717) is 5.56 Å². The second-order valence-corrected chi connectivity index (χ2v) is 8.55. The van der Waals surface area contributed by atoms with Crippen LogP contribution >= 0.6 is 11.6 Å². The Kier molecular flexibility index (Phi) is 8.55. The van der Waals surface area contributed by atoms with E-state index in [-0.39, 0.29) is 19.4 Å². The Hall–Kier alpha value is -2.74. The molecule has 1 atom stereocenters. The van der Waals surface area contributed by atoms with Gasteiger partial charge < -0.3 is 14.8 Å². The van der Waals surface area contributed by atoms with Gasteiger partial charge in [-0.1, -0.05) is 48.0 Å². The number of alkyl carbamates (subject to hydrolysis) is 1. The van der Waals surface area contributed by atoms with Crippen molar-refractivity contribution in [3.05, 3.63) is 70.2 Å². The predicted octanol–water partition coefficient (Wildman–Crippen LogP) is 5.93. The summed E-state index contributed by atoms with van der Waals surface area (Å²) < 4.78 is 49.2. The van der Waals surface area contributed by atoms with Gasteiger partial charge in [0.25, 0.3) is 0 Å². The highest BCUT2D eigenvalue weighted by Crippen LogP contribution is 2.35. The molecule has 5 nitrogen and oxygen atoms in total. The molecule has 0 fully saturated rings. The summed E-state index contributed by atoms with van der Waals surface area (Å²) in [5, 5.41) is 2.05. The number of esters is 1. The Morgan fingerprint density at radius 1 is 1.03 bits per heavy atom. The molecule has 1 N–H and O–H groups in total. The molecule has 2 rings (SSSR count). The third-order valence-corrected chi connectivity index (χ3v) is 4.57. The Bertz CT molecular complexity index is 927. The second kappa shape index (κ2) is 10.7. The smallest absolute Gasteiger partial charge is 0.417 e. The molecule has 0 aliphatic rings. The van der Waals surface area contributed by atoms with Gasteiger partial charge in [0, 0.05) is 0 Å². The van der Waals surface area contributed by atoms with Crippen molar-refractivity contribution in [2.75, 3.05) is 0 Å². The minimum Gasteiger partial charge on any atom is -0.459 e. The molecule has 0 aliphatic carbocycles. The molecule has 0 saturated carbocycles. The highest BCUT2D eigenvalue weighted by Gasteiger charge is 2.33. The summed E-state index contributed by atoms with van der Waals surface area (Å²) in [5.74, 6) is -0.683. The number of halogens is 4. The first-order valence-electron chi connectivity index (χ1n) is 9.91. The monoisotopic (exact) mass is 471 g/mol. The summed E-state index contributed by atoms with van der Waals surface area (Å²) in [6, 6.07) is 11.3. The van der Waals surface area contributed by atoms with E-state index in [1.54, 1.807) is 45.0 Å². The topological polar surface area (TPSA) is 64.6 Å². The molecular formula is C23H25ClF3NO4. The summed E-state index contributed by atoms with van der Waals surface area (Å²) in [6.45, 7) is 5.05. The van der Waals surface area contributed by atoms with Gasteiger partial charge >= 0.3 is 18.2 Å². The summed E-state index contributed by atoms with van der Waals surface area (Å²) in [5.41, 5.74) is -0.460. The maximum atomic E-state index is 12.9. The Morgan fingerprint density at radius 2 is 1.69 bits per heavy atom. The van der Waals surface area contributed by atoms with E-state index < -0.39 is 40.5 Å². The Labute approximate surface area is 189 Å². The number of nitrogens with one attached hydrogen (secondary N) is 1. The molecule has 174 valence electrons. The first-order valence-corrected chi connectivity index (χ1v) is 10.3. The number of alkyl halides is 3. The molecule has 0 radical (unpaired) electrons. The number of carbonyl (C=O) groups is 2. The summed E-state index contributed by atoms with van der Waals surface area (Å²) in [6.07, 6.45) is -5.10. The Balaban J connectivity index is 2.08. The standard InChI is InChI=1S/C23H25ClF3NO4/c1-22(2,3)32-21(30)28-19(20(29)31-14-16-7-5-4-6-8-16)12-10-15-9-11-17(18(24)13-15)23(25,26)27/h4-9,11,13,19H,10,12,14H2,1-3H3,(H,28,30). The molecule has 0 saturated heterocycles. The molecule has 0 aromatic heterocycles.